The zero-order valence-electron chi connectivity index (χ0n) is 11.2. The topological polar surface area (TPSA) is 66.9 Å². The summed E-state index contributed by atoms with van der Waals surface area (Å²) in [5.74, 6) is -0.700. The van der Waals surface area contributed by atoms with Gasteiger partial charge in [-0.15, -0.1) is 0 Å². The van der Waals surface area contributed by atoms with Gasteiger partial charge in [-0.25, -0.2) is 9.18 Å². The molecule has 2 aromatic rings. The van der Waals surface area contributed by atoms with Crippen LogP contribution in [0.2, 0.25) is 5.02 Å². The van der Waals surface area contributed by atoms with E-state index in [9.17, 15) is 14.0 Å². The maximum absolute atomic E-state index is 13.4. The minimum Gasteiger partial charge on any atom is -0.347 e. The molecule has 1 aliphatic carbocycles. The summed E-state index contributed by atoms with van der Waals surface area (Å²) in [7, 11) is 1.52. The van der Waals surface area contributed by atoms with E-state index in [1.165, 1.54) is 29.9 Å². The number of aromatic amines is 1. The van der Waals surface area contributed by atoms with E-state index in [2.05, 4.69) is 10.3 Å². The molecule has 0 saturated heterocycles. The largest absolute Gasteiger partial charge is 0.347 e. The van der Waals surface area contributed by atoms with Crippen molar-refractivity contribution in [2.75, 3.05) is 0 Å². The van der Waals surface area contributed by atoms with Gasteiger partial charge < -0.3 is 10.3 Å². The number of imidazole rings is 1. The molecule has 0 aliphatic heterocycles. The Morgan fingerprint density at radius 2 is 2.29 bits per heavy atom. The monoisotopic (exact) mass is 309 g/mol. The van der Waals surface area contributed by atoms with E-state index in [1.807, 2.05) is 0 Å². The summed E-state index contributed by atoms with van der Waals surface area (Å²) >= 11 is 5.65. The first-order valence-corrected chi connectivity index (χ1v) is 6.85. The van der Waals surface area contributed by atoms with Gasteiger partial charge in [-0.3, -0.25) is 9.36 Å². The van der Waals surface area contributed by atoms with Gasteiger partial charge in [-0.05, 0) is 24.1 Å². The highest BCUT2D eigenvalue weighted by molar-refractivity contribution is 6.30. The summed E-state index contributed by atoms with van der Waals surface area (Å²) in [6.07, 6.45) is 2.11. The lowest BCUT2D eigenvalue weighted by Gasteiger charge is -2.05. The Morgan fingerprint density at radius 1 is 1.52 bits per heavy atom. The van der Waals surface area contributed by atoms with Gasteiger partial charge in [0.2, 0.25) is 0 Å². The molecule has 0 radical (unpaired) electrons. The second-order valence-corrected chi connectivity index (χ2v) is 5.54. The van der Waals surface area contributed by atoms with Gasteiger partial charge >= 0.3 is 5.69 Å². The Hall–Kier alpha value is -2.08. The number of aromatic nitrogens is 2. The minimum absolute atomic E-state index is 0.0527. The molecule has 5 nitrogen and oxygen atoms in total. The van der Waals surface area contributed by atoms with Crippen molar-refractivity contribution in [3.05, 3.63) is 57.0 Å². The first kappa shape index (κ1) is 13.9. The summed E-state index contributed by atoms with van der Waals surface area (Å²) in [4.78, 5) is 25.8. The van der Waals surface area contributed by atoms with E-state index >= 15 is 0 Å². The van der Waals surface area contributed by atoms with Crippen molar-refractivity contribution < 1.29 is 9.18 Å². The standard InChI is InChI=1S/C14H13ClFN3O2/c1-19-12(6-17-14(19)21)13(20)18-11-5-8(11)7-2-3-9(15)10(16)4-7/h2-4,6,8,11H,5H2,1H3,(H,17,21)(H,18,20)/t8-,11+/m0/s1. The smallest absolute Gasteiger partial charge is 0.325 e. The molecule has 21 heavy (non-hydrogen) atoms. The lowest BCUT2D eigenvalue weighted by molar-refractivity contribution is 0.0942. The lowest BCUT2D eigenvalue weighted by Crippen LogP contribution is -2.29. The number of carbonyl (C=O) groups excluding carboxylic acids is 1. The summed E-state index contributed by atoms with van der Waals surface area (Å²) in [6, 6.07) is 4.61. The first-order valence-electron chi connectivity index (χ1n) is 6.47. The van der Waals surface area contributed by atoms with Crippen LogP contribution in [0.3, 0.4) is 0 Å². The molecule has 0 bridgehead atoms. The number of rotatable bonds is 3. The second kappa shape index (κ2) is 5.04. The van der Waals surface area contributed by atoms with Crippen LogP contribution in [0.1, 0.15) is 28.4 Å². The van der Waals surface area contributed by atoms with Crippen LogP contribution in [0.15, 0.2) is 29.2 Å². The number of nitrogens with zero attached hydrogens (tertiary/aromatic N) is 1. The van der Waals surface area contributed by atoms with Crippen LogP contribution in [0.4, 0.5) is 4.39 Å². The van der Waals surface area contributed by atoms with E-state index in [-0.39, 0.29) is 34.3 Å². The highest BCUT2D eigenvalue weighted by Gasteiger charge is 2.40. The number of H-pyrrole nitrogens is 1. The van der Waals surface area contributed by atoms with Gasteiger partial charge in [-0.2, -0.15) is 0 Å². The first-order chi connectivity index (χ1) is 9.97. The second-order valence-electron chi connectivity index (χ2n) is 5.13. The summed E-state index contributed by atoms with van der Waals surface area (Å²) in [5, 5.41) is 2.92. The van der Waals surface area contributed by atoms with Crippen LogP contribution in [-0.2, 0) is 7.05 Å². The number of benzene rings is 1. The number of amides is 1. The molecule has 3 rings (SSSR count). The van der Waals surface area contributed by atoms with Gasteiger partial charge in [0.1, 0.15) is 11.5 Å². The van der Waals surface area contributed by atoms with Crippen LogP contribution in [0.25, 0.3) is 0 Å². The third kappa shape index (κ3) is 2.58. The normalized spacial score (nSPS) is 20.3. The molecule has 1 fully saturated rings. The molecule has 0 spiro atoms. The van der Waals surface area contributed by atoms with E-state index in [4.69, 9.17) is 11.6 Å². The van der Waals surface area contributed by atoms with Crippen molar-refractivity contribution in [3.8, 4) is 0 Å². The third-order valence-electron chi connectivity index (χ3n) is 3.71. The average molecular weight is 310 g/mol. The van der Waals surface area contributed by atoms with Crippen LogP contribution in [0, 0.1) is 5.82 Å². The van der Waals surface area contributed by atoms with Gasteiger partial charge in [0.15, 0.2) is 0 Å². The zero-order chi connectivity index (χ0) is 15.1. The van der Waals surface area contributed by atoms with E-state index in [1.54, 1.807) is 6.07 Å². The molecule has 7 heteroatoms. The molecule has 0 unspecified atom stereocenters. The predicted octanol–water partition coefficient (Wildman–Crippen LogP) is 1.79. The number of halogens is 2. The maximum atomic E-state index is 13.4. The van der Waals surface area contributed by atoms with Gasteiger partial charge in [0.25, 0.3) is 5.91 Å². The summed E-state index contributed by atoms with van der Waals surface area (Å²) in [6.45, 7) is 0. The van der Waals surface area contributed by atoms with Gasteiger partial charge in [0.05, 0.1) is 5.02 Å². The van der Waals surface area contributed by atoms with E-state index < -0.39 is 5.82 Å². The van der Waals surface area contributed by atoms with Crippen molar-refractivity contribution >= 4 is 17.5 Å². The molecule has 1 saturated carbocycles. The van der Waals surface area contributed by atoms with Crippen molar-refractivity contribution in [3.63, 3.8) is 0 Å². The molecule has 1 aromatic heterocycles. The van der Waals surface area contributed by atoms with Crippen LogP contribution in [0.5, 0.6) is 0 Å². The van der Waals surface area contributed by atoms with E-state index in [0.29, 0.717) is 0 Å². The Bertz CT molecular complexity index is 768. The molecule has 1 amide bonds. The lowest BCUT2D eigenvalue weighted by atomic mass is 10.1. The highest BCUT2D eigenvalue weighted by Crippen LogP contribution is 2.41. The van der Waals surface area contributed by atoms with Crippen LogP contribution >= 0.6 is 11.6 Å². The number of hydrogen-bond acceptors (Lipinski definition) is 2. The fraction of sp³-hybridized carbons (Fsp3) is 0.286. The van der Waals surface area contributed by atoms with Crippen LogP contribution < -0.4 is 11.0 Å². The minimum atomic E-state index is -0.459. The highest BCUT2D eigenvalue weighted by atomic mass is 35.5. The van der Waals surface area contributed by atoms with Crippen molar-refractivity contribution in [2.45, 2.75) is 18.4 Å². The van der Waals surface area contributed by atoms with Crippen molar-refractivity contribution in [1.29, 1.82) is 0 Å². The van der Waals surface area contributed by atoms with E-state index in [0.717, 1.165) is 12.0 Å². The number of hydrogen-bond donors (Lipinski definition) is 2. The number of carbonyl (C=O) groups is 1. The molecule has 1 heterocycles. The van der Waals surface area contributed by atoms with Gasteiger partial charge in [0, 0.05) is 25.2 Å². The van der Waals surface area contributed by atoms with Crippen molar-refractivity contribution in [2.24, 2.45) is 7.05 Å². The average Bonchev–Trinajstić information content (AvgIpc) is 3.12. The fourth-order valence-corrected chi connectivity index (χ4v) is 2.48. The van der Waals surface area contributed by atoms with Crippen molar-refractivity contribution in [1.82, 2.24) is 14.9 Å². The Labute approximate surface area is 124 Å². The quantitative estimate of drug-likeness (QED) is 0.908. The van der Waals surface area contributed by atoms with Crippen LogP contribution in [-0.4, -0.2) is 21.5 Å². The summed E-state index contributed by atoms with van der Waals surface area (Å²) in [5.41, 5.74) is 0.741. The fourth-order valence-electron chi connectivity index (χ4n) is 2.36. The maximum Gasteiger partial charge on any atom is 0.325 e. The Balaban J connectivity index is 1.68. The Kier molecular flexibility index (Phi) is 3.33. The molecular weight excluding hydrogens is 297 g/mol. The number of nitrogens with one attached hydrogen (secondary N) is 2. The molecule has 2 atom stereocenters. The predicted molar refractivity (Wildman–Crippen MR) is 76.1 cm³/mol. The molecular formula is C14H13ClFN3O2. The zero-order valence-corrected chi connectivity index (χ0v) is 11.9. The molecule has 1 aromatic carbocycles. The summed E-state index contributed by atoms with van der Waals surface area (Å²) < 4.78 is 14.7. The molecule has 1 aliphatic rings. The van der Waals surface area contributed by atoms with Gasteiger partial charge in [-0.1, -0.05) is 17.7 Å². The SMILES string of the molecule is Cn1c(C(=O)N[C@@H]2C[C@H]2c2ccc(Cl)c(F)c2)c[nH]c1=O. The third-order valence-corrected chi connectivity index (χ3v) is 4.02. The molecule has 110 valence electrons. The Morgan fingerprint density at radius 3 is 2.90 bits per heavy atom. The molecule has 2 N–H and O–H groups in total.